The number of carbonyl (C=O) groups excluding carboxylic acids is 1. The molecule has 32 heavy (non-hydrogen) atoms. The van der Waals surface area contributed by atoms with E-state index in [1.54, 1.807) is 6.08 Å². The Morgan fingerprint density at radius 1 is 0.625 bits per heavy atom. The SMILES string of the molecule is N#C/C(C=O)=C\c1ccc2c(-c3ccccc3)c3ccccc3c(-c3ccccc3)c2c1. The first-order valence-electron chi connectivity index (χ1n) is 10.5. The van der Waals surface area contributed by atoms with E-state index >= 15 is 0 Å². The first-order chi connectivity index (χ1) is 15.8. The summed E-state index contributed by atoms with van der Waals surface area (Å²) in [6.07, 6.45) is 2.23. The molecule has 0 spiro atoms. The van der Waals surface area contributed by atoms with Crippen LogP contribution in [-0.4, -0.2) is 6.29 Å². The third-order valence-corrected chi connectivity index (χ3v) is 5.75. The highest BCUT2D eigenvalue weighted by atomic mass is 16.1. The minimum Gasteiger partial charge on any atom is -0.297 e. The molecule has 5 rings (SSSR count). The van der Waals surface area contributed by atoms with Gasteiger partial charge in [0, 0.05) is 0 Å². The summed E-state index contributed by atoms with van der Waals surface area (Å²) in [6, 6.07) is 37.4. The van der Waals surface area contributed by atoms with Gasteiger partial charge >= 0.3 is 0 Å². The molecule has 0 fully saturated rings. The molecule has 5 aromatic rings. The van der Waals surface area contributed by atoms with Crippen LogP contribution in [0.3, 0.4) is 0 Å². The first-order valence-corrected chi connectivity index (χ1v) is 10.5. The minimum absolute atomic E-state index is 0.106. The van der Waals surface area contributed by atoms with Crippen LogP contribution in [0, 0.1) is 11.3 Å². The van der Waals surface area contributed by atoms with Gasteiger partial charge in [0.2, 0.25) is 0 Å². The Morgan fingerprint density at radius 2 is 1.12 bits per heavy atom. The zero-order valence-electron chi connectivity index (χ0n) is 17.3. The van der Waals surface area contributed by atoms with Gasteiger partial charge in [0.1, 0.15) is 6.07 Å². The average Bonchev–Trinajstić information content (AvgIpc) is 2.86. The topological polar surface area (TPSA) is 40.9 Å². The van der Waals surface area contributed by atoms with Crippen molar-refractivity contribution in [3.8, 4) is 28.3 Å². The smallest absolute Gasteiger partial charge is 0.160 e. The largest absolute Gasteiger partial charge is 0.297 e. The highest BCUT2D eigenvalue weighted by molar-refractivity contribution is 6.21. The Labute approximate surface area is 186 Å². The molecule has 0 heterocycles. The van der Waals surface area contributed by atoms with Crippen LogP contribution >= 0.6 is 0 Å². The Kier molecular flexibility index (Phi) is 5.07. The van der Waals surface area contributed by atoms with E-state index in [1.807, 2.05) is 36.4 Å². The molecule has 0 atom stereocenters. The fourth-order valence-electron chi connectivity index (χ4n) is 4.39. The van der Waals surface area contributed by atoms with Crippen molar-refractivity contribution < 1.29 is 4.79 Å². The van der Waals surface area contributed by atoms with E-state index in [9.17, 15) is 10.1 Å². The lowest BCUT2D eigenvalue weighted by molar-refractivity contribution is -0.104. The third-order valence-electron chi connectivity index (χ3n) is 5.75. The lowest BCUT2D eigenvalue weighted by Gasteiger charge is -2.18. The summed E-state index contributed by atoms with van der Waals surface area (Å²) in [5.41, 5.74) is 5.55. The van der Waals surface area contributed by atoms with Gasteiger partial charge in [0.25, 0.3) is 0 Å². The van der Waals surface area contributed by atoms with Gasteiger partial charge in [-0.15, -0.1) is 0 Å². The van der Waals surface area contributed by atoms with Crippen molar-refractivity contribution in [2.24, 2.45) is 0 Å². The molecule has 0 aliphatic rings. The number of hydrogen-bond donors (Lipinski definition) is 0. The van der Waals surface area contributed by atoms with E-state index in [0.29, 0.717) is 6.29 Å². The normalized spacial score (nSPS) is 11.4. The quantitative estimate of drug-likeness (QED) is 0.134. The molecule has 0 N–H and O–H groups in total. The van der Waals surface area contributed by atoms with Gasteiger partial charge in [-0.2, -0.15) is 5.26 Å². The lowest BCUT2D eigenvalue weighted by Crippen LogP contribution is -1.91. The highest BCUT2D eigenvalue weighted by Gasteiger charge is 2.16. The van der Waals surface area contributed by atoms with Crippen LogP contribution in [0.5, 0.6) is 0 Å². The second-order valence-corrected chi connectivity index (χ2v) is 7.66. The number of fused-ring (bicyclic) bond motifs is 2. The molecule has 0 aliphatic heterocycles. The molecule has 0 saturated carbocycles. The van der Waals surface area contributed by atoms with E-state index in [-0.39, 0.29) is 5.57 Å². The number of nitriles is 1. The predicted molar refractivity (Wildman–Crippen MR) is 132 cm³/mol. The second kappa shape index (κ2) is 8.34. The van der Waals surface area contributed by atoms with Gasteiger partial charge in [-0.05, 0) is 61.5 Å². The Balaban J connectivity index is 1.97. The van der Waals surface area contributed by atoms with E-state index in [1.165, 1.54) is 16.3 Å². The summed E-state index contributed by atoms with van der Waals surface area (Å²) < 4.78 is 0. The van der Waals surface area contributed by atoms with Crippen molar-refractivity contribution in [1.29, 1.82) is 5.26 Å². The maximum absolute atomic E-state index is 11.2. The number of benzene rings is 5. The summed E-state index contributed by atoms with van der Waals surface area (Å²) in [5.74, 6) is 0. The summed E-state index contributed by atoms with van der Waals surface area (Å²) in [5, 5.41) is 13.8. The van der Waals surface area contributed by atoms with Gasteiger partial charge in [0.05, 0.1) is 5.57 Å². The second-order valence-electron chi connectivity index (χ2n) is 7.66. The molecule has 0 aliphatic carbocycles. The van der Waals surface area contributed by atoms with Crippen LogP contribution in [0.25, 0.3) is 49.9 Å². The maximum atomic E-state index is 11.2. The highest BCUT2D eigenvalue weighted by Crippen LogP contribution is 2.43. The summed E-state index contributed by atoms with van der Waals surface area (Å²) in [7, 11) is 0. The van der Waals surface area contributed by atoms with Crippen LogP contribution < -0.4 is 0 Å². The molecule has 5 aromatic carbocycles. The predicted octanol–water partition coefficient (Wildman–Crippen LogP) is 7.43. The molecule has 0 bridgehead atoms. The Hall–Kier alpha value is -4.48. The van der Waals surface area contributed by atoms with Gasteiger partial charge < -0.3 is 0 Å². The zero-order valence-corrected chi connectivity index (χ0v) is 17.3. The van der Waals surface area contributed by atoms with Crippen LogP contribution in [0.2, 0.25) is 0 Å². The van der Waals surface area contributed by atoms with Gasteiger partial charge in [0.15, 0.2) is 6.29 Å². The number of aldehydes is 1. The first kappa shape index (κ1) is 19.5. The van der Waals surface area contributed by atoms with E-state index in [0.717, 1.165) is 33.0 Å². The van der Waals surface area contributed by atoms with Crippen molar-refractivity contribution in [2.45, 2.75) is 0 Å². The van der Waals surface area contributed by atoms with E-state index in [2.05, 4.69) is 72.8 Å². The average molecular weight is 409 g/mol. The summed E-state index contributed by atoms with van der Waals surface area (Å²) >= 11 is 0. The Bertz CT molecular complexity index is 1520. The van der Waals surface area contributed by atoms with Crippen molar-refractivity contribution in [2.75, 3.05) is 0 Å². The van der Waals surface area contributed by atoms with Crippen LogP contribution in [0.1, 0.15) is 5.56 Å². The van der Waals surface area contributed by atoms with Crippen molar-refractivity contribution in [3.05, 3.63) is 114 Å². The molecule has 2 heteroatoms. The van der Waals surface area contributed by atoms with Gasteiger partial charge in [-0.1, -0.05) is 97.1 Å². The van der Waals surface area contributed by atoms with Crippen LogP contribution in [0.15, 0.2) is 109 Å². The van der Waals surface area contributed by atoms with Crippen LogP contribution in [0.4, 0.5) is 0 Å². The van der Waals surface area contributed by atoms with E-state index < -0.39 is 0 Å². The summed E-state index contributed by atoms with van der Waals surface area (Å²) in [6.45, 7) is 0. The number of rotatable bonds is 4. The molecular weight excluding hydrogens is 390 g/mol. The fraction of sp³-hybridized carbons (Fsp3) is 0. The van der Waals surface area contributed by atoms with Gasteiger partial charge in [-0.25, -0.2) is 0 Å². The van der Waals surface area contributed by atoms with Crippen molar-refractivity contribution in [3.63, 3.8) is 0 Å². The minimum atomic E-state index is 0.106. The molecule has 0 amide bonds. The molecule has 0 saturated heterocycles. The van der Waals surface area contributed by atoms with Crippen LogP contribution in [-0.2, 0) is 4.79 Å². The number of hydrogen-bond acceptors (Lipinski definition) is 2. The molecule has 0 aromatic heterocycles. The molecule has 150 valence electrons. The Morgan fingerprint density at radius 3 is 1.66 bits per heavy atom. The number of nitrogens with zero attached hydrogens (tertiary/aromatic N) is 1. The van der Waals surface area contributed by atoms with Crippen molar-refractivity contribution >= 4 is 33.9 Å². The summed E-state index contributed by atoms with van der Waals surface area (Å²) in [4.78, 5) is 11.2. The third kappa shape index (κ3) is 3.37. The molecule has 0 unspecified atom stereocenters. The lowest BCUT2D eigenvalue weighted by atomic mass is 9.85. The maximum Gasteiger partial charge on any atom is 0.160 e. The zero-order chi connectivity index (χ0) is 21.9. The molecule has 0 radical (unpaired) electrons. The van der Waals surface area contributed by atoms with Crippen molar-refractivity contribution in [1.82, 2.24) is 0 Å². The monoisotopic (exact) mass is 409 g/mol. The van der Waals surface area contributed by atoms with E-state index in [4.69, 9.17) is 0 Å². The molecular formula is C30H19NO. The molecule has 2 nitrogen and oxygen atoms in total. The standard InChI is InChI=1S/C30H19NO/c31-19-22(20-32)17-21-15-16-27-28(18-21)30(24-11-5-2-6-12-24)26-14-8-7-13-25(26)29(27)23-9-3-1-4-10-23/h1-18,20H/b22-17+. The number of allylic oxidation sites excluding steroid dienone is 1. The number of carbonyl (C=O) groups is 1. The van der Waals surface area contributed by atoms with Gasteiger partial charge in [-0.3, -0.25) is 4.79 Å². The fourth-order valence-corrected chi connectivity index (χ4v) is 4.39.